The van der Waals surface area contributed by atoms with Gasteiger partial charge < -0.3 is 14.5 Å². The minimum atomic E-state index is -0.0569. The maximum absolute atomic E-state index is 12.4. The van der Waals surface area contributed by atoms with Crippen molar-refractivity contribution < 1.29 is 13.9 Å². The van der Waals surface area contributed by atoms with Crippen molar-refractivity contribution in [3.05, 3.63) is 59.5 Å². The monoisotopic (exact) mass is 314 g/mol. The number of ether oxygens (including phenoxy) is 1. The van der Waals surface area contributed by atoms with Gasteiger partial charge in [-0.2, -0.15) is 0 Å². The number of carbonyl (C=O) groups is 1. The molecule has 122 valence electrons. The predicted octanol–water partition coefficient (Wildman–Crippen LogP) is 2.39. The van der Waals surface area contributed by atoms with Gasteiger partial charge in [0, 0.05) is 25.2 Å². The molecule has 2 aromatic rings. The summed E-state index contributed by atoms with van der Waals surface area (Å²) in [5, 5.41) is 3.03. The molecule has 0 aliphatic carbocycles. The van der Waals surface area contributed by atoms with Crippen LogP contribution < -0.4 is 5.32 Å². The van der Waals surface area contributed by atoms with E-state index in [1.807, 2.05) is 43.3 Å². The number of nitrogens with one attached hydrogen (secondary N) is 1. The van der Waals surface area contributed by atoms with Crippen LogP contribution in [0.25, 0.3) is 0 Å². The van der Waals surface area contributed by atoms with Crippen LogP contribution in [0.1, 0.15) is 27.7 Å². The molecular weight excluding hydrogens is 292 g/mol. The maximum Gasteiger partial charge on any atom is 0.251 e. The molecule has 2 heterocycles. The molecule has 0 saturated carbocycles. The van der Waals surface area contributed by atoms with E-state index in [4.69, 9.17) is 9.15 Å². The van der Waals surface area contributed by atoms with Gasteiger partial charge in [-0.1, -0.05) is 17.7 Å². The van der Waals surface area contributed by atoms with Crippen molar-refractivity contribution in [1.29, 1.82) is 0 Å². The van der Waals surface area contributed by atoms with Gasteiger partial charge in [-0.05, 0) is 31.2 Å². The molecule has 0 unspecified atom stereocenters. The van der Waals surface area contributed by atoms with Gasteiger partial charge in [0.05, 0.1) is 25.5 Å². The van der Waals surface area contributed by atoms with Gasteiger partial charge in [-0.15, -0.1) is 0 Å². The second-order valence-corrected chi connectivity index (χ2v) is 5.76. The van der Waals surface area contributed by atoms with Crippen LogP contribution in [-0.2, 0) is 4.74 Å². The summed E-state index contributed by atoms with van der Waals surface area (Å²) >= 11 is 0. The summed E-state index contributed by atoms with van der Waals surface area (Å²) in [6, 6.07) is 11.5. The lowest BCUT2D eigenvalue weighted by molar-refractivity contribution is 0.0118. The highest BCUT2D eigenvalue weighted by Crippen LogP contribution is 2.21. The van der Waals surface area contributed by atoms with Gasteiger partial charge in [-0.25, -0.2) is 0 Å². The van der Waals surface area contributed by atoms with E-state index in [9.17, 15) is 4.79 Å². The van der Waals surface area contributed by atoms with E-state index in [1.54, 1.807) is 6.26 Å². The van der Waals surface area contributed by atoms with Crippen LogP contribution >= 0.6 is 0 Å². The summed E-state index contributed by atoms with van der Waals surface area (Å²) in [6.07, 6.45) is 1.67. The first-order chi connectivity index (χ1) is 11.2. The van der Waals surface area contributed by atoms with Crippen molar-refractivity contribution >= 4 is 5.91 Å². The Kier molecular flexibility index (Phi) is 5.10. The summed E-state index contributed by atoms with van der Waals surface area (Å²) in [5.41, 5.74) is 1.76. The first kappa shape index (κ1) is 15.8. The molecule has 23 heavy (non-hydrogen) atoms. The number of benzene rings is 1. The summed E-state index contributed by atoms with van der Waals surface area (Å²) < 4.78 is 11.0. The third-order valence-electron chi connectivity index (χ3n) is 4.09. The number of furan rings is 1. The third kappa shape index (κ3) is 4.00. The van der Waals surface area contributed by atoms with Gasteiger partial charge in [-0.3, -0.25) is 9.69 Å². The number of hydrogen-bond acceptors (Lipinski definition) is 4. The predicted molar refractivity (Wildman–Crippen MR) is 87.4 cm³/mol. The normalized spacial score (nSPS) is 16.9. The van der Waals surface area contributed by atoms with Crippen molar-refractivity contribution in [3.63, 3.8) is 0 Å². The minimum Gasteiger partial charge on any atom is -0.468 e. The molecule has 0 spiro atoms. The zero-order chi connectivity index (χ0) is 16.1. The highest BCUT2D eigenvalue weighted by atomic mass is 16.5. The van der Waals surface area contributed by atoms with E-state index >= 15 is 0 Å². The van der Waals surface area contributed by atoms with Crippen LogP contribution in [0.4, 0.5) is 0 Å². The molecule has 5 nitrogen and oxygen atoms in total. The molecule has 1 N–H and O–H groups in total. The Morgan fingerprint density at radius 1 is 1.26 bits per heavy atom. The highest BCUT2D eigenvalue weighted by molar-refractivity contribution is 5.94. The summed E-state index contributed by atoms with van der Waals surface area (Å²) in [7, 11) is 0. The average Bonchev–Trinajstić information content (AvgIpc) is 3.10. The van der Waals surface area contributed by atoms with Crippen LogP contribution in [0, 0.1) is 6.92 Å². The molecule has 1 aromatic heterocycles. The largest absolute Gasteiger partial charge is 0.468 e. The number of rotatable bonds is 5. The number of nitrogens with zero attached hydrogens (tertiary/aromatic N) is 1. The SMILES string of the molecule is Cc1cccc(C(=O)NC[C@@H](c2ccco2)N2CCOCC2)c1. The Labute approximate surface area is 136 Å². The fraction of sp³-hybridized carbons (Fsp3) is 0.389. The standard InChI is InChI=1S/C18H22N2O3/c1-14-4-2-5-15(12-14)18(21)19-13-16(17-6-3-9-23-17)20-7-10-22-11-8-20/h2-6,9,12,16H,7-8,10-11,13H2,1H3,(H,19,21)/t16-/m0/s1. The fourth-order valence-corrected chi connectivity index (χ4v) is 2.86. The van der Waals surface area contributed by atoms with Gasteiger partial charge in [0.2, 0.25) is 0 Å². The van der Waals surface area contributed by atoms with Crippen molar-refractivity contribution in [3.8, 4) is 0 Å². The zero-order valence-electron chi connectivity index (χ0n) is 13.3. The van der Waals surface area contributed by atoms with E-state index in [-0.39, 0.29) is 11.9 Å². The lowest BCUT2D eigenvalue weighted by Crippen LogP contribution is -2.43. The zero-order valence-corrected chi connectivity index (χ0v) is 13.3. The summed E-state index contributed by atoms with van der Waals surface area (Å²) in [6.45, 7) is 5.60. The fourth-order valence-electron chi connectivity index (χ4n) is 2.86. The number of aryl methyl sites for hydroxylation is 1. The average molecular weight is 314 g/mol. The molecule has 1 saturated heterocycles. The van der Waals surface area contributed by atoms with Crippen LogP contribution in [0.3, 0.4) is 0 Å². The number of carbonyl (C=O) groups excluding carboxylic acids is 1. The molecular formula is C18H22N2O3. The number of hydrogen-bond donors (Lipinski definition) is 1. The molecule has 1 aliphatic heterocycles. The van der Waals surface area contributed by atoms with Crippen LogP contribution in [-0.4, -0.2) is 43.7 Å². The smallest absolute Gasteiger partial charge is 0.251 e. The van der Waals surface area contributed by atoms with E-state index in [0.29, 0.717) is 25.3 Å². The molecule has 1 aromatic carbocycles. The van der Waals surface area contributed by atoms with Gasteiger partial charge in [0.15, 0.2) is 0 Å². The molecule has 1 fully saturated rings. The van der Waals surface area contributed by atoms with E-state index < -0.39 is 0 Å². The van der Waals surface area contributed by atoms with Gasteiger partial charge >= 0.3 is 0 Å². The van der Waals surface area contributed by atoms with E-state index in [1.165, 1.54) is 0 Å². The second-order valence-electron chi connectivity index (χ2n) is 5.76. The molecule has 1 amide bonds. The topological polar surface area (TPSA) is 54.7 Å². The lowest BCUT2D eigenvalue weighted by Gasteiger charge is -2.33. The molecule has 0 radical (unpaired) electrons. The molecule has 1 aliphatic rings. The quantitative estimate of drug-likeness (QED) is 0.921. The number of amides is 1. The molecule has 1 atom stereocenters. The Balaban J connectivity index is 1.67. The van der Waals surface area contributed by atoms with Crippen molar-refractivity contribution in [2.75, 3.05) is 32.8 Å². The Hall–Kier alpha value is -2.11. The first-order valence-corrected chi connectivity index (χ1v) is 7.94. The number of morpholine rings is 1. The van der Waals surface area contributed by atoms with Crippen molar-refractivity contribution in [2.45, 2.75) is 13.0 Å². The Bertz CT molecular complexity index is 633. The second kappa shape index (κ2) is 7.44. The Morgan fingerprint density at radius 3 is 2.78 bits per heavy atom. The minimum absolute atomic E-state index is 0.0302. The molecule has 3 rings (SSSR count). The van der Waals surface area contributed by atoms with Crippen molar-refractivity contribution in [2.24, 2.45) is 0 Å². The maximum atomic E-state index is 12.4. The Morgan fingerprint density at radius 2 is 2.09 bits per heavy atom. The summed E-state index contributed by atoms with van der Waals surface area (Å²) in [4.78, 5) is 14.7. The van der Waals surface area contributed by atoms with Crippen molar-refractivity contribution in [1.82, 2.24) is 10.2 Å². The molecule has 0 bridgehead atoms. The van der Waals surface area contributed by atoms with Crippen LogP contribution in [0.2, 0.25) is 0 Å². The van der Waals surface area contributed by atoms with E-state index in [0.717, 1.165) is 24.4 Å². The highest BCUT2D eigenvalue weighted by Gasteiger charge is 2.25. The van der Waals surface area contributed by atoms with Crippen LogP contribution in [0.15, 0.2) is 47.1 Å². The third-order valence-corrected chi connectivity index (χ3v) is 4.09. The van der Waals surface area contributed by atoms with E-state index in [2.05, 4.69) is 10.2 Å². The first-order valence-electron chi connectivity index (χ1n) is 7.94. The van der Waals surface area contributed by atoms with Gasteiger partial charge in [0.25, 0.3) is 5.91 Å². The molecule has 5 heteroatoms. The summed E-state index contributed by atoms with van der Waals surface area (Å²) in [5.74, 6) is 0.815. The lowest BCUT2D eigenvalue weighted by atomic mass is 10.1. The van der Waals surface area contributed by atoms with Crippen LogP contribution in [0.5, 0.6) is 0 Å². The van der Waals surface area contributed by atoms with Gasteiger partial charge in [0.1, 0.15) is 5.76 Å².